The predicted octanol–water partition coefficient (Wildman–Crippen LogP) is 1.64. The third-order valence-corrected chi connectivity index (χ3v) is 3.95. The number of ether oxygens (including phenoxy) is 1. The minimum atomic E-state index is -0.192. The second kappa shape index (κ2) is 4.71. The fourth-order valence-corrected chi connectivity index (χ4v) is 2.49. The van der Waals surface area contributed by atoms with E-state index in [4.69, 9.17) is 16.3 Å². The van der Waals surface area contributed by atoms with Gasteiger partial charge in [-0.1, -0.05) is 6.92 Å². The van der Waals surface area contributed by atoms with E-state index in [-0.39, 0.29) is 17.4 Å². The van der Waals surface area contributed by atoms with E-state index < -0.39 is 0 Å². The quantitative estimate of drug-likeness (QED) is 0.643. The van der Waals surface area contributed by atoms with Crippen molar-refractivity contribution in [1.29, 1.82) is 0 Å². The summed E-state index contributed by atoms with van der Waals surface area (Å²) in [6, 6.07) is 0. The van der Waals surface area contributed by atoms with Gasteiger partial charge in [0.15, 0.2) is 0 Å². The van der Waals surface area contributed by atoms with Gasteiger partial charge in [0.2, 0.25) is 0 Å². The Morgan fingerprint density at radius 2 is 2.27 bits per heavy atom. The molecule has 0 aliphatic carbocycles. The summed E-state index contributed by atoms with van der Waals surface area (Å²) >= 11 is 6.18. The Kier molecular flexibility index (Phi) is 3.52. The van der Waals surface area contributed by atoms with Crippen molar-refractivity contribution < 1.29 is 9.53 Å². The van der Waals surface area contributed by atoms with E-state index >= 15 is 0 Å². The Morgan fingerprint density at radius 1 is 1.47 bits per heavy atom. The van der Waals surface area contributed by atoms with Crippen molar-refractivity contribution >= 4 is 17.5 Å². The van der Waals surface area contributed by atoms with Crippen LogP contribution in [-0.2, 0) is 9.53 Å². The molecule has 4 heteroatoms. The van der Waals surface area contributed by atoms with Crippen LogP contribution in [0.1, 0.15) is 26.2 Å². The molecule has 1 amide bonds. The monoisotopic (exact) mass is 231 g/mol. The van der Waals surface area contributed by atoms with Gasteiger partial charge in [-0.05, 0) is 25.2 Å². The van der Waals surface area contributed by atoms with Crippen molar-refractivity contribution in [3.05, 3.63) is 0 Å². The van der Waals surface area contributed by atoms with Crippen molar-refractivity contribution in [1.82, 2.24) is 4.90 Å². The number of likely N-dealkylation sites (tertiary alicyclic amines) is 1. The Bertz CT molecular complexity index is 241. The normalized spacial score (nSPS) is 36.9. The molecule has 2 heterocycles. The van der Waals surface area contributed by atoms with Crippen LogP contribution in [-0.4, -0.2) is 42.0 Å². The fraction of sp³-hybridized carbons (Fsp3) is 0.909. The van der Waals surface area contributed by atoms with E-state index in [1.54, 1.807) is 0 Å². The first-order valence-electron chi connectivity index (χ1n) is 5.73. The van der Waals surface area contributed by atoms with Crippen LogP contribution < -0.4 is 0 Å². The van der Waals surface area contributed by atoms with E-state index in [1.807, 2.05) is 4.90 Å². The number of carbonyl (C=O) groups excluding carboxylic acids is 1. The predicted molar refractivity (Wildman–Crippen MR) is 59.0 cm³/mol. The average molecular weight is 232 g/mol. The highest BCUT2D eigenvalue weighted by atomic mass is 35.5. The minimum absolute atomic E-state index is 0.101. The Labute approximate surface area is 95.7 Å². The van der Waals surface area contributed by atoms with Crippen molar-refractivity contribution in [2.75, 3.05) is 19.7 Å². The number of hydrogen-bond acceptors (Lipinski definition) is 2. The molecule has 15 heavy (non-hydrogen) atoms. The van der Waals surface area contributed by atoms with Crippen molar-refractivity contribution in [2.45, 2.75) is 37.7 Å². The molecule has 3 nitrogen and oxygen atoms in total. The first-order chi connectivity index (χ1) is 7.18. The van der Waals surface area contributed by atoms with Gasteiger partial charge in [-0.3, -0.25) is 4.79 Å². The second-order valence-corrected chi connectivity index (χ2v) is 5.13. The number of amides is 1. The topological polar surface area (TPSA) is 29.5 Å². The summed E-state index contributed by atoms with van der Waals surface area (Å²) in [5.41, 5.74) is 0. The first-order valence-corrected chi connectivity index (χ1v) is 6.16. The lowest BCUT2D eigenvalue weighted by Crippen LogP contribution is -2.47. The summed E-state index contributed by atoms with van der Waals surface area (Å²) in [5.74, 6) is 0.658. The Morgan fingerprint density at radius 3 is 2.87 bits per heavy atom. The molecule has 2 aliphatic rings. The van der Waals surface area contributed by atoms with Crippen LogP contribution in [0, 0.1) is 5.92 Å². The molecular weight excluding hydrogens is 214 g/mol. The summed E-state index contributed by atoms with van der Waals surface area (Å²) in [4.78, 5) is 13.9. The molecule has 86 valence electrons. The van der Waals surface area contributed by atoms with Gasteiger partial charge >= 0.3 is 0 Å². The molecule has 0 aromatic carbocycles. The van der Waals surface area contributed by atoms with E-state index in [9.17, 15) is 4.79 Å². The first kappa shape index (κ1) is 11.2. The molecule has 0 saturated carbocycles. The molecule has 0 radical (unpaired) electrons. The molecule has 0 N–H and O–H groups in total. The highest BCUT2D eigenvalue weighted by Crippen LogP contribution is 2.24. The number of hydrogen-bond donors (Lipinski definition) is 0. The maximum absolute atomic E-state index is 12.0. The lowest BCUT2D eigenvalue weighted by Gasteiger charge is -2.35. The van der Waals surface area contributed by atoms with Crippen LogP contribution in [0.15, 0.2) is 0 Å². The van der Waals surface area contributed by atoms with E-state index in [0.717, 1.165) is 32.4 Å². The highest BCUT2D eigenvalue weighted by molar-refractivity contribution is 6.21. The van der Waals surface area contributed by atoms with Gasteiger partial charge in [0.25, 0.3) is 5.91 Å². The van der Waals surface area contributed by atoms with Gasteiger partial charge < -0.3 is 9.64 Å². The summed E-state index contributed by atoms with van der Waals surface area (Å²) in [5, 5.41) is 0.101. The Hall–Kier alpha value is -0.280. The Balaban J connectivity index is 1.90. The fourth-order valence-electron chi connectivity index (χ4n) is 2.20. The minimum Gasteiger partial charge on any atom is -0.368 e. The molecule has 2 aliphatic heterocycles. The summed E-state index contributed by atoms with van der Waals surface area (Å²) < 4.78 is 5.40. The van der Waals surface area contributed by atoms with Crippen LogP contribution in [0.5, 0.6) is 0 Å². The van der Waals surface area contributed by atoms with Crippen LogP contribution in [0.2, 0.25) is 0 Å². The molecule has 0 aromatic heterocycles. The highest BCUT2D eigenvalue weighted by Gasteiger charge is 2.33. The van der Waals surface area contributed by atoms with Crippen molar-refractivity contribution in [2.24, 2.45) is 5.92 Å². The number of rotatable bonds is 1. The zero-order valence-electron chi connectivity index (χ0n) is 9.12. The van der Waals surface area contributed by atoms with E-state index in [1.165, 1.54) is 0 Å². The van der Waals surface area contributed by atoms with Crippen LogP contribution in [0.4, 0.5) is 0 Å². The zero-order chi connectivity index (χ0) is 10.8. The maximum Gasteiger partial charge on any atom is 0.251 e. The molecule has 3 atom stereocenters. The lowest BCUT2D eigenvalue weighted by atomic mass is 9.98. The number of carbonyl (C=O) groups is 1. The molecule has 0 bridgehead atoms. The maximum atomic E-state index is 12.0. The number of halogens is 1. The van der Waals surface area contributed by atoms with Crippen LogP contribution in [0.3, 0.4) is 0 Å². The molecule has 2 fully saturated rings. The third-order valence-electron chi connectivity index (χ3n) is 3.38. The molecule has 2 rings (SSSR count). The largest absolute Gasteiger partial charge is 0.368 e. The SMILES string of the molecule is CC1CCN(C(=O)C2CCCO2)CC1Cl. The molecule has 2 saturated heterocycles. The van der Waals surface area contributed by atoms with Crippen molar-refractivity contribution in [3.63, 3.8) is 0 Å². The third kappa shape index (κ3) is 2.45. The molecule has 0 aromatic rings. The standard InChI is InChI=1S/C11H18ClNO2/c1-8-4-5-13(7-9(8)12)11(14)10-3-2-6-15-10/h8-10H,2-7H2,1H3. The second-order valence-electron chi connectivity index (χ2n) is 4.57. The molecular formula is C11H18ClNO2. The number of piperidine rings is 1. The number of alkyl halides is 1. The zero-order valence-corrected chi connectivity index (χ0v) is 9.87. The summed E-state index contributed by atoms with van der Waals surface area (Å²) in [6.07, 6.45) is 2.69. The van der Waals surface area contributed by atoms with Gasteiger partial charge in [0, 0.05) is 19.7 Å². The molecule has 3 unspecified atom stereocenters. The summed E-state index contributed by atoms with van der Waals surface area (Å²) in [7, 11) is 0. The lowest BCUT2D eigenvalue weighted by molar-refractivity contribution is -0.142. The van der Waals surface area contributed by atoms with Gasteiger partial charge in [-0.2, -0.15) is 0 Å². The van der Waals surface area contributed by atoms with Crippen LogP contribution in [0.25, 0.3) is 0 Å². The van der Waals surface area contributed by atoms with Crippen molar-refractivity contribution in [3.8, 4) is 0 Å². The smallest absolute Gasteiger partial charge is 0.251 e. The average Bonchev–Trinajstić information content (AvgIpc) is 2.74. The van der Waals surface area contributed by atoms with Crippen LogP contribution >= 0.6 is 11.6 Å². The summed E-state index contributed by atoms with van der Waals surface area (Å²) in [6.45, 7) is 4.39. The van der Waals surface area contributed by atoms with E-state index in [2.05, 4.69) is 6.92 Å². The van der Waals surface area contributed by atoms with Gasteiger partial charge in [-0.15, -0.1) is 11.6 Å². The van der Waals surface area contributed by atoms with Gasteiger partial charge in [0.1, 0.15) is 6.10 Å². The van der Waals surface area contributed by atoms with E-state index in [0.29, 0.717) is 12.5 Å². The molecule has 0 spiro atoms. The number of nitrogens with zero attached hydrogens (tertiary/aromatic N) is 1. The van der Waals surface area contributed by atoms with Gasteiger partial charge in [0.05, 0.1) is 5.38 Å². The van der Waals surface area contributed by atoms with Gasteiger partial charge in [-0.25, -0.2) is 0 Å².